The number of carboxylic acid groups (broad SMARTS) is 1. The van der Waals surface area contributed by atoms with Gasteiger partial charge in [0.25, 0.3) is 0 Å². The second-order valence-electron chi connectivity index (χ2n) is 5.21. The third-order valence-corrected chi connectivity index (χ3v) is 3.05. The van der Waals surface area contributed by atoms with Crippen LogP contribution in [0.3, 0.4) is 0 Å². The third-order valence-electron chi connectivity index (χ3n) is 3.05. The summed E-state index contributed by atoms with van der Waals surface area (Å²) in [5.41, 5.74) is 0.652. The highest BCUT2D eigenvalue weighted by Gasteiger charge is 2.16. The van der Waals surface area contributed by atoms with E-state index < -0.39 is 5.97 Å². The number of benzene rings is 1. The molecular formula is C14H20N2O3. The minimum absolute atomic E-state index is 0.0419. The maximum Gasteiger partial charge on any atom is 0.335 e. The van der Waals surface area contributed by atoms with Crippen LogP contribution in [0.15, 0.2) is 24.3 Å². The number of nitrogens with one attached hydrogen (secondary N) is 2. The lowest BCUT2D eigenvalue weighted by Crippen LogP contribution is -2.36. The summed E-state index contributed by atoms with van der Waals surface area (Å²) in [7, 11) is 0. The van der Waals surface area contributed by atoms with Crippen molar-refractivity contribution in [2.75, 3.05) is 11.9 Å². The number of amides is 2. The first-order valence-corrected chi connectivity index (χ1v) is 6.22. The van der Waals surface area contributed by atoms with Gasteiger partial charge in [-0.3, -0.25) is 0 Å². The lowest BCUT2D eigenvalue weighted by molar-refractivity contribution is 0.0697. The molecule has 0 unspecified atom stereocenters. The zero-order valence-corrected chi connectivity index (χ0v) is 11.5. The summed E-state index contributed by atoms with van der Waals surface area (Å²) < 4.78 is 0. The maximum absolute atomic E-state index is 11.7. The number of hydrogen-bond acceptors (Lipinski definition) is 2. The number of anilines is 1. The quantitative estimate of drug-likeness (QED) is 0.765. The van der Waals surface area contributed by atoms with Crippen molar-refractivity contribution in [3.8, 4) is 0 Å². The van der Waals surface area contributed by atoms with E-state index in [9.17, 15) is 9.59 Å². The SMILES string of the molecule is CCC(C)(C)CNC(=O)Nc1cccc(C(=O)O)c1. The number of rotatable bonds is 5. The Morgan fingerprint density at radius 2 is 2.00 bits per heavy atom. The number of carboxylic acids is 1. The van der Waals surface area contributed by atoms with Crippen molar-refractivity contribution < 1.29 is 14.7 Å². The molecule has 0 heterocycles. The standard InChI is InChI=1S/C14H20N2O3/c1-4-14(2,3)9-15-13(19)16-11-7-5-6-10(8-11)12(17)18/h5-8H,4,9H2,1-3H3,(H,17,18)(H2,15,16,19). The Balaban J connectivity index is 2.58. The largest absolute Gasteiger partial charge is 0.478 e. The van der Waals surface area contributed by atoms with Crippen molar-refractivity contribution in [2.24, 2.45) is 5.41 Å². The summed E-state index contributed by atoms with van der Waals surface area (Å²) in [4.78, 5) is 22.5. The number of urea groups is 1. The van der Waals surface area contributed by atoms with Gasteiger partial charge in [0.1, 0.15) is 0 Å². The van der Waals surface area contributed by atoms with Crippen molar-refractivity contribution in [3.63, 3.8) is 0 Å². The van der Waals surface area contributed by atoms with Gasteiger partial charge in [-0.15, -0.1) is 0 Å². The van der Waals surface area contributed by atoms with Crippen molar-refractivity contribution in [3.05, 3.63) is 29.8 Å². The molecule has 1 aromatic carbocycles. The van der Waals surface area contributed by atoms with Gasteiger partial charge >= 0.3 is 12.0 Å². The van der Waals surface area contributed by atoms with E-state index in [2.05, 4.69) is 31.4 Å². The van der Waals surface area contributed by atoms with Gasteiger partial charge in [0.15, 0.2) is 0 Å². The average Bonchev–Trinajstić information content (AvgIpc) is 2.37. The fourth-order valence-electron chi connectivity index (χ4n) is 1.35. The van der Waals surface area contributed by atoms with Gasteiger partial charge in [-0.1, -0.05) is 26.8 Å². The zero-order chi connectivity index (χ0) is 14.5. The molecule has 0 aliphatic carbocycles. The molecule has 0 fully saturated rings. The summed E-state index contributed by atoms with van der Waals surface area (Å²) in [6.45, 7) is 6.76. The lowest BCUT2D eigenvalue weighted by Gasteiger charge is -2.22. The highest BCUT2D eigenvalue weighted by Crippen LogP contribution is 2.17. The summed E-state index contributed by atoms with van der Waals surface area (Å²) in [5.74, 6) is -1.02. The first-order valence-electron chi connectivity index (χ1n) is 6.22. The van der Waals surface area contributed by atoms with E-state index in [1.807, 2.05) is 0 Å². The van der Waals surface area contributed by atoms with E-state index in [4.69, 9.17) is 5.11 Å². The van der Waals surface area contributed by atoms with Crippen molar-refractivity contribution >= 4 is 17.7 Å². The van der Waals surface area contributed by atoms with Gasteiger partial charge in [-0.25, -0.2) is 9.59 Å². The molecule has 0 saturated carbocycles. The fourth-order valence-corrected chi connectivity index (χ4v) is 1.35. The molecule has 0 aliphatic heterocycles. The van der Waals surface area contributed by atoms with Crippen LogP contribution >= 0.6 is 0 Å². The van der Waals surface area contributed by atoms with Gasteiger partial charge in [-0.05, 0) is 30.0 Å². The Hall–Kier alpha value is -2.04. The van der Waals surface area contributed by atoms with E-state index in [-0.39, 0.29) is 17.0 Å². The lowest BCUT2D eigenvalue weighted by atomic mass is 9.90. The molecule has 1 rings (SSSR count). The second kappa shape index (κ2) is 6.22. The number of carbonyl (C=O) groups is 2. The van der Waals surface area contributed by atoms with Gasteiger partial charge < -0.3 is 15.7 Å². The normalized spacial score (nSPS) is 10.9. The van der Waals surface area contributed by atoms with Crippen molar-refractivity contribution in [2.45, 2.75) is 27.2 Å². The molecule has 5 heteroatoms. The molecular weight excluding hydrogens is 244 g/mol. The smallest absolute Gasteiger partial charge is 0.335 e. The molecule has 0 saturated heterocycles. The van der Waals surface area contributed by atoms with Crippen LogP contribution in [-0.4, -0.2) is 23.7 Å². The fraction of sp³-hybridized carbons (Fsp3) is 0.429. The summed E-state index contributed by atoms with van der Waals surface area (Å²) in [6.07, 6.45) is 0.960. The maximum atomic E-state index is 11.7. The van der Waals surface area contributed by atoms with Crippen LogP contribution in [0.25, 0.3) is 0 Å². The van der Waals surface area contributed by atoms with Gasteiger partial charge in [0.2, 0.25) is 0 Å². The van der Waals surface area contributed by atoms with Crippen molar-refractivity contribution in [1.82, 2.24) is 5.32 Å². The molecule has 19 heavy (non-hydrogen) atoms. The monoisotopic (exact) mass is 264 g/mol. The topological polar surface area (TPSA) is 78.4 Å². The predicted octanol–water partition coefficient (Wildman–Crippen LogP) is 2.94. The molecule has 0 aromatic heterocycles. The molecule has 0 aliphatic rings. The average molecular weight is 264 g/mol. The van der Waals surface area contributed by atoms with Crippen LogP contribution in [0.1, 0.15) is 37.6 Å². The van der Waals surface area contributed by atoms with E-state index in [1.54, 1.807) is 12.1 Å². The highest BCUT2D eigenvalue weighted by molar-refractivity contribution is 5.93. The second-order valence-corrected chi connectivity index (χ2v) is 5.21. The van der Waals surface area contributed by atoms with Crippen LogP contribution in [0, 0.1) is 5.41 Å². The van der Waals surface area contributed by atoms with Crippen LogP contribution in [0.5, 0.6) is 0 Å². The Bertz CT molecular complexity index is 470. The van der Waals surface area contributed by atoms with Crippen LogP contribution in [-0.2, 0) is 0 Å². The number of hydrogen-bond donors (Lipinski definition) is 3. The van der Waals surface area contributed by atoms with Crippen LogP contribution < -0.4 is 10.6 Å². The van der Waals surface area contributed by atoms with E-state index in [1.165, 1.54) is 12.1 Å². The summed E-state index contributed by atoms with van der Waals surface area (Å²) in [6, 6.07) is 5.81. The molecule has 0 atom stereocenters. The van der Waals surface area contributed by atoms with E-state index in [0.717, 1.165) is 6.42 Å². The molecule has 0 bridgehead atoms. The van der Waals surface area contributed by atoms with Gasteiger partial charge in [-0.2, -0.15) is 0 Å². The Morgan fingerprint density at radius 3 is 2.58 bits per heavy atom. The molecule has 3 N–H and O–H groups in total. The van der Waals surface area contributed by atoms with E-state index >= 15 is 0 Å². The minimum atomic E-state index is -1.02. The molecule has 0 radical (unpaired) electrons. The molecule has 104 valence electrons. The van der Waals surface area contributed by atoms with Crippen LogP contribution in [0.2, 0.25) is 0 Å². The predicted molar refractivity (Wildman–Crippen MR) is 74.5 cm³/mol. The molecule has 1 aromatic rings. The highest BCUT2D eigenvalue weighted by atomic mass is 16.4. The Kier molecular flexibility index (Phi) is 4.92. The Labute approximate surface area is 113 Å². The number of aromatic carboxylic acids is 1. The minimum Gasteiger partial charge on any atom is -0.478 e. The van der Waals surface area contributed by atoms with Gasteiger partial charge in [0.05, 0.1) is 5.56 Å². The molecule has 0 spiro atoms. The van der Waals surface area contributed by atoms with E-state index in [0.29, 0.717) is 12.2 Å². The molecule has 5 nitrogen and oxygen atoms in total. The summed E-state index contributed by atoms with van der Waals surface area (Å²) >= 11 is 0. The van der Waals surface area contributed by atoms with Crippen molar-refractivity contribution in [1.29, 1.82) is 0 Å². The number of carbonyl (C=O) groups excluding carboxylic acids is 1. The first kappa shape index (κ1) is 15.0. The van der Waals surface area contributed by atoms with Crippen LogP contribution in [0.4, 0.5) is 10.5 Å². The first-order chi connectivity index (χ1) is 8.84. The Morgan fingerprint density at radius 1 is 1.32 bits per heavy atom. The van der Waals surface area contributed by atoms with Gasteiger partial charge in [0, 0.05) is 12.2 Å². The third kappa shape index (κ3) is 4.99. The zero-order valence-electron chi connectivity index (χ0n) is 11.5. The molecule has 2 amide bonds. The summed E-state index contributed by atoms with van der Waals surface area (Å²) in [5, 5.41) is 14.3.